The maximum atomic E-state index is 12.3. The Bertz CT molecular complexity index is 462. The summed E-state index contributed by atoms with van der Waals surface area (Å²) in [6.45, 7) is 2.62. The van der Waals surface area contributed by atoms with Gasteiger partial charge in [0.05, 0.1) is 17.7 Å². The van der Waals surface area contributed by atoms with Crippen LogP contribution in [-0.4, -0.2) is 41.7 Å². The topological polar surface area (TPSA) is 75.8 Å². The molecule has 0 aliphatic carbocycles. The quantitative estimate of drug-likeness (QED) is 0.611. The molecule has 1 saturated heterocycles. The predicted molar refractivity (Wildman–Crippen MR) is 68.4 cm³/mol. The average molecular weight is 250 g/mol. The lowest BCUT2D eigenvalue weighted by Crippen LogP contribution is -2.41. The number of hydrogen-bond acceptors (Lipinski definition) is 4. The molecule has 3 N–H and O–H groups in total. The van der Waals surface area contributed by atoms with Gasteiger partial charge in [-0.05, 0) is 31.5 Å². The van der Waals surface area contributed by atoms with Crippen LogP contribution in [-0.2, 0) is 4.74 Å². The number of benzene rings is 1. The van der Waals surface area contributed by atoms with Crippen molar-refractivity contribution in [2.45, 2.75) is 25.5 Å². The van der Waals surface area contributed by atoms with Crippen molar-refractivity contribution in [3.8, 4) is 5.75 Å². The minimum atomic E-state index is -0.189. The third-order valence-electron chi connectivity index (χ3n) is 3.42. The lowest BCUT2D eigenvalue weighted by molar-refractivity contribution is 0.0575. The van der Waals surface area contributed by atoms with Crippen LogP contribution in [0.25, 0.3) is 0 Å². The van der Waals surface area contributed by atoms with Crippen LogP contribution in [0.4, 0.5) is 5.69 Å². The molecule has 18 heavy (non-hydrogen) atoms. The third-order valence-corrected chi connectivity index (χ3v) is 3.42. The van der Waals surface area contributed by atoms with Crippen LogP contribution in [0.1, 0.15) is 23.7 Å². The van der Waals surface area contributed by atoms with Gasteiger partial charge in [-0.2, -0.15) is 0 Å². The monoisotopic (exact) mass is 250 g/mol. The van der Waals surface area contributed by atoms with Gasteiger partial charge in [0, 0.05) is 19.3 Å². The molecule has 1 aromatic carbocycles. The SMILES string of the molecule is CC1OCCC1N(C)C(=O)c1cc(O)ccc1N. The predicted octanol–water partition coefficient (Wildman–Crippen LogP) is 1.22. The zero-order chi connectivity index (χ0) is 13.3. The number of ether oxygens (including phenoxy) is 1. The van der Waals surface area contributed by atoms with Gasteiger partial charge in [-0.3, -0.25) is 4.79 Å². The minimum absolute atomic E-state index is 0.0254. The van der Waals surface area contributed by atoms with Crippen LogP contribution in [0, 0.1) is 0 Å². The highest BCUT2D eigenvalue weighted by Gasteiger charge is 2.31. The lowest BCUT2D eigenvalue weighted by atomic mass is 10.1. The highest BCUT2D eigenvalue weighted by atomic mass is 16.5. The van der Waals surface area contributed by atoms with Gasteiger partial charge in [0.2, 0.25) is 0 Å². The summed E-state index contributed by atoms with van der Waals surface area (Å²) in [6.07, 6.45) is 0.847. The van der Waals surface area contributed by atoms with E-state index in [0.717, 1.165) is 6.42 Å². The number of rotatable bonds is 2. The van der Waals surface area contributed by atoms with Gasteiger partial charge in [0.15, 0.2) is 0 Å². The Morgan fingerprint density at radius 3 is 2.89 bits per heavy atom. The summed E-state index contributed by atoms with van der Waals surface area (Å²) in [4.78, 5) is 14.0. The van der Waals surface area contributed by atoms with Crippen LogP contribution >= 0.6 is 0 Å². The first-order valence-corrected chi connectivity index (χ1v) is 5.98. The summed E-state index contributed by atoms with van der Waals surface area (Å²) in [5.41, 5.74) is 6.47. The van der Waals surface area contributed by atoms with Crippen molar-refractivity contribution in [2.75, 3.05) is 19.4 Å². The molecule has 2 rings (SSSR count). The van der Waals surface area contributed by atoms with E-state index < -0.39 is 0 Å². The Morgan fingerprint density at radius 2 is 2.28 bits per heavy atom. The third kappa shape index (κ3) is 2.26. The first-order chi connectivity index (χ1) is 8.50. The fraction of sp³-hybridized carbons (Fsp3) is 0.462. The van der Waals surface area contributed by atoms with Crippen LogP contribution in [0.2, 0.25) is 0 Å². The van der Waals surface area contributed by atoms with E-state index in [1.165, 1.54) is 18.2 Å². The van der Waals surface area contributed by atoms with E-state index in [1.54, 1.807) is 11.9 Å². The van der Waals surface area contributed by atoms with E-state index in [0.29, 0.717) is 17.9 Å². The van der Waals surface area contributed by atoms with E-state index in [9.17, 15) is 9.90 Å². The highest BCUT2D eigenvalue weighted by Crippen LogP contribution is 2.24. The number of nitrogens with two attached hydrogens (primary N) is 1. The molecule has 1 heterocycles. The minimum Gasteiger partial charge on any atom is -0.508 e. The molecule has 5 nitrogen and oxygen atoms in total. The van der Waals surface area contributed by atoms with Crippen molar-refractivity contribution >= 4 is 11.6 Å². The molecule has 0 radical (unpaired) electrons. The number of hydrogen-bond donors (Lipinski definition) is 2. The molecule has 1 aliphatic rings. The summed E-state index contributed by atoms with van der Waals surface area (Å²) in [5, 5.41) is 9.43. The van der Waals surface area contributed by atoms with Gasteiger partial charge in [0.25, 0.3) is 5.91 Å². The molecule has 5 heteroatoms. The first-order valence-electron chi connectivity index (χ1n) is 5.98. The number of phenolic OH excluding ortho intramolecular Hbond substituents is 1. The lowest BCUT2D eigenvalue weighted by Gasteiger charge is -2.27. The maximum Gasteiger partial charge on any atom is 0.256 e. The Hall–Kier alpha value is -1.75. The molecular formula is C13H18N2O3. The second-order valence-electron chi connectivity index (χ2n) is 4.62. The number of aromatic hydroxyl groups is 1. The van der Waals surface area contributed by atoms with Crippen molar-refractivity contribution < 1.29 is 14.6 Å². The van der Waals surface area contributed by atoms with Gasteiger partial charge in [-0.1, -0.05) is 0 Å². The normalized spacial score (nSPS) is 23.0. The molecule has 1 aromatic rings. The number of phenols is 1. The Balaban J connectivity index is 2.22. The molecule has 1 fully saturated rings. The number of likely N-dealkylation sites (N-methyl/N-ethyl adjacent to an activating group) is 1. The summed E-state index contributed by atoms with van der Waals surface area (Å²) >= 11 is 0. The Labute approximate surface area is 106 Å². The summed E-state index contributed by atoms with van der Waals surface area (Å²) in [7, 11) is 1.74. The molecule has 2 atom stereocenters. The zero-order valence-electron chi connectivity index (χ0n) is 10.6. The van der Waals surface area contributed by atoms with E-state index in [2.05, 4.69) is 0 Å². The smallest absolute Gasteiger partial charge is 0.256 e. The van der Waals surface area contributed by atoms with Gasteiger partial charge >= 0.3 is 0 Å². The number of nitrogen functional groups attached to an aromatic ring is 1. The van der Waals surface area contributed by atoms with Gasteiger partial charge in [0.1, 0.15) is 5.75 Å². The molecule has 0 bridgehead atoms. The van der Waals surface area contributed by atoms with Crippen molar-refractivity contribution in [1.29, 1.82) is 0 Å². The fourth-order valence-electron chi connectivity index (χ4n) is 2.30. The van der Waals surface area contributed by atoms with Crippen molar-refractivity contribution in [3.63, 3.8) is 0 Å². The zero-order valence-corrected chi connectivity index (χ0v) is 10.6. The average Bonchev–Trinajstić information content (AvgIpc) is 2.77. The van der Waals surface area contributed by atoms with Crippen molar-refractivity contribution in [2.24, 2.45) is 0 Å². The number of carbonyl (C=O) groups is 1. The number of amides is 1. The van der Waals surface area contributed by atoms with Crippen LogP contribution in [0.5, 0.6) is 5.75 Å². The molecule has 1 amide bonds. The standard InChI is InChI=1S/C13H18N2O3/c1-8-12(5-6-18-8)15(2)13(17)10-7-9(16)3-4-11(10)14/h3-4,7-8,12,16H,5-6,14H2,1-2H3. The molecule has 0 aromatic heterocycles. The van der Waals surface area contributed by atoms with E-state index in [-0.39, 0.29) is 23.8 Å². The molecule has 0 saturated carbocycles. The number of carbonyl (C=O) groups excluding carboxylic acids is 1. The number of nitrogens with zero attached hydrogens (tertiary/aromatic N) is 1. The molecule has 1 aliphatic heterocycles. The summed E-state index contributed by atoms with van der Waals surface area (Å²) in [5.74, 6) is -0.151. The number of anilines is 1. The molecular weight excluding hydrogens is 232 g/mol. The fourth-order valence-corrected chi connectivity index (χ4v) is 2.30. The first kappa shape index (κ1) is 12.7. The highest BCUT2D eigenvalue weighted by molar-refractivity contribution is 5.99. The van der Waals surface area contributed by atoms with Crippen LogP contribution in [0.15, 0.2) is 18.2 Å². The van der Waals surface area contributed by atoms with Gasteiger partial charge in [-0.25, -0.2) is 0 Å². The molecule has 98 valence electrons. The van der Waals surface area contributed by atoms with Crippen molar-refractivity contribution in [1.82, 2.24) is 4.90 Å². The summed E-state index contributed by atoms with van der Waals surface area (Å²) in [6, 6.07) is 4.45. The second kappa shape index (κ2) is 4.86. The largest absolute Gasteiger partial charge is 0.508 e. The second-order valence-corrected chi connectivity index (χ2v) is 4.62. The summed E-state index contributed by atoms with van der Waals surface area (Å²) < 4.78 is 5.45. The molecule has 2 unspecified atom stereocenters. The Morgan fingerprint density at radius 1 is 1.56 bits per heavy atom. The van der Waals surface area contributed by atoms with Crippen LogP contribution in [0.3, 0.4) is 0 Å². The maximum absolute atomic E-state index is 12.3. The van der Waals surface area contributed by atoms with E-state index >= 15 is 0 Å². The van der Waals surface area contributed by atoms with Gasteiger partial charge in [-0.15, -0.1) is 0 Å². The van der Waals surface area contributed by atoms with E-state index in [4.69, 9.17) is 10.5 Å². The van der Waals surface area contributed by atoms with Crippen LogP contribution < -0.4 is 5.73 Å². The van der Waals surface area contributed by atoms with E-state index in [1.807, 2.05) is 6.92 Å². The van der Waals surface area contributed by atoms with Crippen molar-refractivity contribution in [3.05, 3.63) is 23.8 Å². The Kier molecular flexibility index (Phi) is 3.43. The molecule has 0 spiro atoms. The van der Waals surface area contributed by atoms with Gasteiger partial charge < -0.3 is 20.5 Å².